The van der Waals surface area contributed by atoms with E-state index in [1.165, 1.54) is 4.88 Å². The molecule has 1 aromatic rings. The summed E-state index contributed by atoms with van der Waals surface area (Å²) in [5.74, 6) is 0.481. The van der Waals surface area contributed by atoms with Crippen LogP contribution in [0, 0.1) is 5.92 Å². The van der Waals surface area contributed by atoms with Gasteiger partial charge in [-0.2, -0.15) is 0 Å². The van der Waals surface area contributed by atoms with Crippen molar-refractivity contribution in [3.05, 3.63) is 22.4 Å². The average Bonchev–Trinajstić information content (AvgIpc) is 2.76. The van der Waals surface area contributed by atoms with Crippen molar-refractivity contribution < 1.29 is 5.11 Å². The first kappa shape index (κ1) is 10.1. The Morgan fingerprint density at radius 2 is 2.43 bits per heavy atom. The molecule has 78 valence electrons. The lowest BCUT2D eigenvalue weighted by Gasteiger charge is -2.13. The van der Waals surface area contributed by atoms with Gasteiger partial charge in [-0.3, -0.25) is 4.90 Å². The van der Waals surface area contributed by atoms with Crippen LogP contribution in [0.2, 0.25) is 0 Å². The minimum Gasteiger partial charge on any atom is -0.391 e. The van der Waals surface area contributed by atoms with E-state index in [-0.39, 0.29) is 6.10 Å². The summed E-state index contributed by atoms with van der Waals surface area (Å²) in [6, 6.07) is 4.25. The van der Waals surface area contributed by atoms with Gasteiger partial charge in [-0.05, 0) is 23.8 Å². The van der Waals surface area contributed by atoms with Gasteiger partial charge in [0.15, 0.2) is 0 Å². The summed E-state index contributed by atoms with van der Waals surface area (Å²) in [5, 5.41) is 11.9. The number of hydrogen-bond donors (Lipinski definition) is 1. The maximum absolute atomic E-state index is 9.75. The highest BCUT2D eigenvalue weighted by atomic mass is 32.1. The SMILES string of the molecule is CCC1CN(Cc2cccs2)CC1O. The molecule has 14 heavy (non-hydrogen) atoms. The summed E-state index contributed by atoms with van der Waals surface area (Å²) in [7, 11) is 0. The van der Waals surface area contributed by atoms with Gasteiger partial charge in [0.1, 0.15) is 0 Å². The predicted octanol–water partition coefficient (Wildman–Crippen LogP) is 1.95. The van der Waals surface area contributed by atoms with E-state index in [0.29, 0.717) is 5.92 Å². The van der Waals surface area contributed by atoms with Gasteiger partial charge in [0.2, 0.25) is 0 Å². The lowest BCUT2D eigenvalue weighted by Crippen LogP contribution is -2.20. The first-order valence-corrected chi connectivity index (χ1v) is 6.10. The van der Waals surface area contributed by atoms with Crippen LogP contribution in [0.1, 0.15) is 18.2 Å². The van der Waals surface area contributed by atoms with Gasteiger partial charge in [0.25, 0.3) is 0 Å². The van der Waals surface area contributed by atoms with E-state index < -0.39 is 0 Å². The van der Waals surface area contributed by atoms with Gasteiger partial charge in [-0.15, -0.1) is 11.3 Å². The van der Waals surface area contributed by atoms with E-state index in [0.717, 1.165) is 26.1 Å². The number of likely N-dealkylation sites (tertiary alicyclic amines) is 1. The van der Waals surface area contributed by atoms with Gasteiger partial charge < -0.3 is 5.11 Å². The van der Waals surface area contributed by atoms with Crippen LogP contribution in [0.4, 0.5) is 0 Å². The highest BCUT2D eigenvalue weighted by Crippen LogP contribution is 2.22. The van der Waals surface area contributed by atoms with E-state index in [2.05, 4.69) is 29.3 Å². The summed E-state index contributed by atoms with van der Waals surface area (Å²) >= 11 is 1.80. The van der Waals surface area contributed by atoms with Gasteiger partial charge in [-0.25, -0.2) is 0 Å². The Morgan fingerprint density at radius 3 is 3.00 bits per heavy atom. The second kappa shape index (κ2) is 4.43. The maximum Gasteiger partial charge on any atom is 0.0707 e. The molecule has 0 radical (unpaired) electrons. The van der Waals surface area contributed by atoms with Crippen LogP contribution in [0.15, 0.2) is 17.5 Å². The Balaban J connectivity index is 1.89. The topological polar surface area (TPSA) is 23.5 Å². The molecule has 2 heterocycles. The van der Waals surface area contributed by atoms with Crippen molar-refractivity contribution in [3.63, 3.8) is 0 Å². The fourth-order valence-corrected chi connectivity index (χ4v) is 2.84. The van der Waals surface area contributed by atoms with Crippen LogP contribution in [-0.2, 0) is 6.54 Å². The fourth-order valence-electron chi connectivity index (χ4n) is 2.09. The van der Waals surface area contributed by atoms with Crippen LogP contribution in [0.25, 0.3) is 0 Å². The smallest absolute Gasteiger partial charge is 0.0707 e. The average molecular weight is 211 g/mol. The van der Waals surface area contributed by atoms with Crippen LogP contribution in [0.5, 0.6) is 0 Å². The molecule has 0 amide bonds. The number of nitrogens with zero attached hydrogens (tertiary/aromatic N) is 1. The van der Waals surface area contributed by atoms with E-state index in [9.17, 15) is 5.11 Å². The molecule has 1 N–H and O–H groups in total. The Bertz CT molecular complexity index is 273. The van der Waals surface area contributed by atoms with Crippen molar-refractivity contribution in [3.8, 4) is 0 Å². The molecule has 0 spiro atoms. The standard InChI is InChI=1S/C11H17NOS/c1-2-9-6-12(8-11(9)13)7-10-4-3-5-14-10/h3-5,9,11,13H,2,6-8H2,1H3. The summed E-state index contributed by atoms with van der Waals surface area (Å²) in [5.41, 5.74) is 0. The zero-order valence-corrected chi connectivity index (χ0v) is 9.33. The lowest BCUT2D eigenvalue weighted by molar-refractivity contribution is 0.139. The zero-order valence-electron chi connectivity index (χ0n) is 8.52. The molecule has 0 aromatic carbocycles. The number of rotatable bonds is 3. The maximum atomic E-state index is 9.75. The van der Waals surface area contributed by atoms with Crippen molar-refractivity contribution in [2.75, 3.05) is 13.1 Å². The monoisotopic (exact) mass is 211 g/mol. The van der Waals surface area contributed by atoms with E-state index in [1.807, 2.05) is 0 Å². The number of β-amino-alcohol motifs (C(OH)–C–C–N with tert-alkyl or cyclic N) is 1. The highest BCUT2D eigenvalue weighted by Gasteiger charge is 2.29. The zero-order chi connectivity index (χ0) is 9.97. The Hall–Kier alpha value is -0.380. The van der Waals surface area contributed by atoms with E-state index in [4.69, 9.17) is 0 Å². The summed E-state index contributed by atoms with van der Waals surface area (Å²) in [4.78, 5) is 3.75. The molecule has 0 aliphatic carbocycles. The first-order chi connectivity index (χ1) is 6.79. The van der Waals surface area contributed by atoms with Crippen LogP contribution < -0.4 is 0 Å². The third-order valence-corrected chi connectivity index (χ3v) is 3.83. The van der Waals surface area contributed by atoms with Crippen molar-refractivity contribution in [1.29, 1.82) is 0 Å². The van der Waals surface area contributed by atoms with Crippen LogP contribution in [-0.4, -0.2) is 29.2 Å². The van der Waals surface area contributed by atoms with Crippen LogP contribution >= 0.6 is 11.3 Å². The Kier molecular flexibility index (Phi) is 3.21. The van der Waals surface area contributed by atoms with Crippen molar-refractivity contribution in [1.82, 2.24) is 4.90 Å². The van der Waals surface area contributed by atoms with Crippen molar-refractivity contribution in [2.45, 2.75) is 26.0 Å². The molecule has 1 aliphatic rings. The van der Waals surface area contributed by atoms with Crippen molar-refractivity contribution >= 4 is 11.3 Å². The minimum atomic E-state index is -0.111. The minimum absolute atomic E-state index is 0.111. The number of thiophene rings is 1. The van der Waals surface area contributed by atoms with E-state index >= 15 is 0 Å². The molecule has 2 rings (SSSR count). The van der Waals surface area contributed by atoms with E-state index in [1.54, 1.807) is 11.3 Å². The second-order valence-corrected chi connectivity index (χ2v) is 5.04. The molecule has 2 nitrogen and oxygen atoms in total. The van der Waals surface area contributed by atoms with Gasteiger partial charge in [0.05, 0.1) is 6.10 Å². The summed E-state index contributed by atoms with van der Waals surface area (Å²) in [6.07, 6.45) is 0.974. The van der Waals surface area contributed by atoms with Crippen molar-refractivity contribution in [2.24, 2.45) is 5.92 Å². The molecule has 1 saturated heterocycles. The lowest BCUT2D eigenvalue weighted by atomic mass is 10.0. The largest absolute Gasteiger partial charge is 0.391 e. The Morgan fingerprint density at radius 1 is 1.57 bits per heavy atom. The van der Waals surface area contributed by atoms with Gasteiger partial charge in [-0.1, -0.05) is 13.0 Å². The molecule has 1 aromatic heterocycles. The fraction of sp³-hybridized carbons (Fsp3) is 0.636. The second-order valence-electron chi connectivity index (χ2n) is 4.01. The highest BCUT2D eigenvalue weighted by molar-refractivity contribution is 7.09. The number of aliphatic hydroxyl groups is 1. The first-order valence-electron chi connectivity index (χ1n) is 5.22. The summed E-state index contributed by atoms with van der Waals surface area (Å²) < 4.78 is 0. The predicted molar refractivity (Wildman–Crippen MR) is 59.4 cm³/mol. The van der Waals surface area contributed by atoms with Crippen LogP contribution in [0.3, 0.4) is 0 Å². The molecule has 1 aliphatic heterocycles. The molecule has 0 saturated carbocycles. The third-order valence-electron chi connectivity index (χ3n) is 2.97. The molecular formula is C11H17NOS. The molecule has 2 unspecified atom stereocenters. The Labute approximate surface area is 89.2 Å². The quantitative estimate of drug-likeness (QED) is 0.826. The third kappa shape index (κ3) is 2.16. The molecular weight excluding hydrogens is 194 g/mol. The normalized spacial score (nSPS) is 28.4. The summed E-state index contributed by atoms with van der Waals surface area (Å²) in [6.45, 7) is 5.06. The molecule has 1 fully saturated rings. The molecule has 3 heteroatoms. The molecule has 0 bridgehead atoms. The molecule has 2 atom stereocenters. The van der Waals surface area contributed by atoms with Gasteiger partial charge >= 0.3 is 0 Å². The number of aliphatic hydroxyl groups excluding tert-OH is 1. The number of hydrogen-bond acceptors (Lipinski definition) is 3. The van der Waals surface area contributed by atoms with Gasteiger partial charge in [0, 0.05) is 24.5 Å².